The number of hydrogen-bond acceptors (Lipinski definition) is 2. The molecular weight excluding hydrogens is 595 g/mol. The summed E-state index contributed by atoms with van der Waals surface area (Å²) in [7, 11) is 0. The molecule has 0 bridgehead atoms. The molecule has 0 spiro atoms. The Morgan fingerprint density at radius 1 is 1.30 bits per heavy atom. The molecule has 112 valence electrons. The van der Waals surface area contributed by atoms with Crippen LogP contribution < -0.4 is 5.32 Å². The summed E-state index contributed by atoms with van der Waals surface area (Å²) in [6.45, 7) is 2.93. The number of nitrogens with one attached hydrogen (secondary N) is 1. The molecule has 0 aromatic heterocycles. The number of aliphatic hydroxyl groups excluding tert-OH is 1. The molecule has 0 radical (unpaired) electrons. The quantitative estimate of drug-likeness (QED) is 0.361. The molecule has 0 aliphatic carbocycles. The van der Waals surface area contributed by atoms with E-state index in [1.165, 1.54) is 0 Å². The Kier molecular flexibility index (Phi) is 9.23. The first kappa shape index (κ1) is 18.9. The predicted molar refractivity (Wildman–Crippen MR) is 107 cm³/mol. The van der Waals surface area contributed by atoms with Crippen LogP contribution in [0.3, 0.4) is 0 Å². The van der Waals surface area contributed by atoms with E-state index in [0.717, 1.165) is 35.5 Å². The van der Waals surface area contributed by atoms with Gasteiger partial charge in [0.1, 0.15) is 0 Å². The molecule has 1 amide bonds. The van der Waals surface area contributed by atoms with Gasteiger partial charge in [-0.05, 0) is 98.7 Å². The van der Waals surface area contributed by atoms with Crippen LogP contribution in [0.15, 0.2) is 12.1 Å². The number of hydrogen-bond donors (Lipinski definition) is 2. The second kappa shape index (κ2) is 9.78. The topological polar surface area (TPSA) is 49.3 Å². The molecule has 0 saturated heterocycles. The zero-order valence-electron chi connectivity index (χ0n) is 11.3. The fourth-order valence-electron chi connectivity index (χ4n) is 1.99. The van der Waals surface area contributed by atoms with Crippen molar-refractivity contribution in [2.75, 3.05) is 13.2 Å². The van der Waals surface area contributed by atoms with Gasteiger partial charge in [0.15, 0.2) is 0 Å². The fourth-order valence-corrected chi connectivity index (χ4v) is 4.39. The van der Waals surface area contributed by atoms with Gasteiger partial charge in [-0.3, -0.25) is 4.79 Å². The van der Waals surface area contributed by atoms with Crippen LogP contribution in [0, 0.1) is 16.6 Å². The minimum Gasteiger partial charge on any atom is -0.396 e. The molecule has 20 heavy (non-hydrogen) atoms. The highest BCUT2D eigenvalue weighted by Gasteiger charge is 2.15. The van der Waals surface area contributed by atoms with Crippen molar-refractivity contribution in [3.05, 3.63) is 28.4 Å². The first-order valence-electron chi connectivity index (χ1n) is 6.53. The van der Waals surface area contributed by atoms with Crippen LogP contribution in [-0.2, 0) is 0 Å². The molecule has 0 fully saturated rings. The Labute approximate surface area is 161 Å². The Hall–Kier alpha value is 0.840. The van der Waals surface area contributed by atoms with Crippen LogP contribution in [0.2, 0.25) is 0 Å². The van der Waals surface area contributed by atoms with Crippen molar-refractivity contribution in [2.45, 2.75) is 26.2 Å². The summed E-state index contributed by atoms with van der Waals surface area (Å²) in [5.74, 6) is 0.332. The summed E-state index contributed by atoms with van der Waals surface area (Å²) in [4.78, 5) is 12.3. The maximum absolute atomic E-state index is 12.3. The molecule has 1 aromatic rings. The van der Waals surface area contributed by atoms with E-state index in [2.05, 4.69) is 86.1 Å². The average molecular weight is 613 g/mol. The first-order valence-corrected chi connectivity index (χ1v) is 9.76. The molecule has 1 aromatic carbocycles. The first-order chi connectivity index (χ1) is 9.49. The highest BCUT2D eigenvalue weighted by atomic mass is 127. The van der Waals surface area contributed by atoms with E-state index in [9.17, 15) is 4.79 Å². The second-order valence-corrected chi connectivity index (χ2v) is 8.11. The van der Waals surface area contributed by atoms with E-state index in [-0.39, 0.29) is 12.5 Å². The van der Waals surface area contributed by atoms with Gasteiger partial charge in [-0.2, -0.15) is 0 Å². The van der Waals surface area contributed by atoms with Gasteiger partial charge in [-0.25, -0.2) is 0 Å². The molecule has 3 nitrogen and oxygen atoms in total. The van der Waals surface area contributed by atoms with E-state index in [1.807, 2.05) is 6.07 Å². The van der Waals surface area contributed by atoms with Crippen LogP contribution in [0.1, 0.15) is 36.5 Å². The molecule has 1 unspecified atom stereocenters. The number of halogens is 3. The van der Waals surface area contributed by atoms with E-state index in [0.29, 0.717) is 12.5 Å². The van der Waals surface area contributed by atoms with Crippen LogP contribution in [-0.4, -0.2) is 24.2 Å². The van der Waals surface area contributed by atoms with Gasteiger partial charge >= 0.3 is 0 Å². The molecule has 0 aliphatic rings. The van der Waals surface area contributed by atoms with Crippen molar-refractivity contribution in [3.8, 4) is 0 Å². The van der Waals surface area contributed by atoms with Gasteiger partial charge < -0.3 is 10.4 Å². The van der Waals surface area contributed by atoms with Crippen LogP contribution in [0.25, 0.3) is 0 Å². The van der Waals surface area contributed by atoms with E-state index < -0.39 is 0 Å². The lowest BCUT2D eigenvalue weighted by Crippen LogP contribution is -2.30. The lowest BCUT2D eigenvalue weighted by molar-refractivity contribution is 0.0942. The van der Waals surface area contributed by atoms with E-state index >= 15 is 0 Å². The number of carbonyl (C=O) groups is 1. The zero-order chi connectivity index (χ0) is 15.1. The van der Waals surface area contributed by atoms with E-state index in [1.54, 1.807) is 0 Å². The Bertz CT molecular complexity index is 460. The molecule has 1 rings (SSSR count). The smallest absolute Gasteiger partial charge is 0.252 e. The summed E-state index contributed by atoms with van der Waals surface area (Å²) in [6, 6.07) is 3.98. The fraction of sp³-hybridized carbons (Fsp3) is 0.500. The van der Waals surface area contributed by atoms with Crippen molar-refractivity contribution in [3.63, 3.8) is 0 Å². The molecule has 0 aliphatic heterocycles. The third-order valence-corrected chi connectivity index (χ3v) is 6.69. The van der Waals surface area contributed by atoms with Crippen LogP contribution in [0.4, 0.5) is 0 Å². The summed E-state index contributed by atoms with van der Waals surface area (Å²) in [5, 5.41) is 12.0. The van der Waals surface area contributed by atoms with Crippen LogP contribution in [0.5, 0.6) is 0 Å². The van der Waals surface area contributed by atoms with Gasteiger partial charge in [-0.1, -0.05) is 13.3 Å². The Balaban J connectivity index is 2.71. The Morgan fingerprint density at radius 2 is 2.00 bits per heavy atom. The minimum absolute atomic E-state index is 0.0233. The summed E-state index contributed by atoms with van der Waals surface area (Å²) in [6.07, 6.45) is 2.84. The van der Waals surface area contributed by atoms with Gasteiger partial charge in [-0.15, -0.1) is 0 Å². The van der Waals surface area contributed by atoms with Crippen LogP contribution >= 0.6 is 67.8 Å². The largest absolute Gasteiger partial charge is 0.396 e. The highest BCUT2D eigenvalue weighted by molar-refractivity contribution is 14.1. The lowest BCUT2D eigenvalue weighted by atomic mass is 10.00. The summed E-state index contributed by atoms with van der Waals surface area (Å²) >= 11 is 6.70. The maximum Gasteiger partial charge on any atom is 0.252 e. The predicted octanol–water partition coefficient (Wildman–Crippen LogP) is 4.03. The molecule has 2 N–H and O–H groups in total. The monoisotopic (exact) mass is 613 g/mol. The van der Waals surface area contributed by atoms with Crippen molar-refractivity contribution in [1.29, 1.82) is 0 Å². The van der Waals surface area contributed by atoms with Gasteiger partial charge in [0.25, 0.3) is 5.91 Å². The molecule has 1 atom stereocenters. The standard InChI is InChI=1S/C14H18I3NO2/c1-2-3-9(4-5-19)8-18-14(20)11-6-10(15)7-12(16)13(11)17/h6-7,9,19H,2-5,8H2,1H3,(H,18,20). The summed E-state index contributed by atoms with van der Waals surface area (Å²) < 4.78 is 3.16. The third-order valence-electron chi connectivity index (χ3n) is 3.02. The van der Waals surface area contributed by atoms with Gasteiger partial charge in [0, 0.05) is 23.9 Å². The lowest BCUT2D eigenvalue weighted by Gasteiger charge is -2.16. The van der Waals surface area contributed by atoms with Crippen molar-refractivity contribution in [2.24, 2.45) is 5.92 Å². The SMILES string of the molecule is CCCC(CCO)CNC(=O)c1cc(I)cc(I)c1I. The highest BCUT2D eigenvalue weighted by Crippen LogP contribution is 2.23. The number of aliphatic hydroxyl groups is 1. The normalized spacial score (nSPS) is 12.2. The van der Waals surface area contributed by atoms with Gasteiger partial charge in [0.05, 0.1) is 5.56 Å². The molecular formula is C14H18I3NO2. The number of carbonyl (C=O) groups excluding carboxylic acids is 1. The molecule has 6 heteroatoms. The molecule has 0 saturated carbocycles. The van der Waals surface area contributed by atoms with E-state index in [4.69, 9.17) is 5.11 Å². The summed E-state index contributed by atoms with van der Waals surface area (Å²) in [5.41, 5.74) is 0.737. The zero-order valence-corrected chi connectivity index (χ0v) is 17.7. The van der Waals surface area contributed by atoms with Crippen molar-refractivity contribution >= 4 is 73.7 Å². The number of benzene rings is 1. The number of rotatable bonds is 7. The maximum atomic E-state index is 12.3. The average Bonchev–Trinajstić information content (AvgIpc) is 2.40. The molecule has 0 heterocycles. The van der Waals surface area contributed by atoms with Crippen molar-refractivity contribution < 1.29 is 9.90 Å². The van der Waals surface area contributed by atoms with Gasteiger partial charge in [0.2, 0.25) is 0 Å². The second-order valence-electron chi connectivity index (χ2n) is 4.63. The minimum atomic E-state index is -0.0233. The van der Waals surface area contributed by atoms with Crippen molar-refractivity contribution in [1.82, 2.24) is 5.32 Å². The third kappa shape index (κ3) is 5.91. The Morgan fingerprint density at radius 3 is 2.60 bits per heavy atom. The number of amides is 1.